The van der Waals surface area contributed by atoms with Crippen LogP contribution in [0.25, 0.3) is 0 Å². The van der Waals surface area contributed by atoms with Crippen molar-refractivity contribution >= 4 is 0 Å². The largest absolute Gasteiger partial charge is 0.394 e. The summed E-state index contributed by atoms with van der Waals surface area (Å²) in [5.41, 5.74) is -4.33. The lowest BCUT2D eigenvalue weighted by molar-refractivity contribution is -0.330. The van der Waals surface area contributed by atoms with Crippen molar-refractivity contribution in [3.63, 3.8) is 0 Å². The Morgan fingerprint density at radius 3 is 0.667 bits per heavy atom. The number of aliphatic hydroxyl groups is 9. The van der Waals surface area contributed by atoms with Gasteiger partial charge >= 0.3 is 0 Å². The molecular formula is C54H105N3O12. The Labute approximate surface area is 418 Å². The van der Waals surface area contributed by atoms with Gasteiger partial charge in [-0.2, -0.15) is 15.2 Å². The van der Waals surface area contributed by atoms with E-state index in [4.69, 9.17) is 14.5 Å². The second-order valence-corrected chi connectivity index (χ2v) is 23.9. The summed E-state index contributed by atoms with van der Waals surface area (Å²) in [6.07, 6.45) is 16.5. The summed E-state index contributed by atoms with van der Waals surface area (Å²) in [6, 6.07) is -0.559. The van der Waals surface area contributed by atoms with E-state index >= 15 is 0 Å². The number of aliphatic hydroxyl groups excluding tert-OH is 9. The molecule has 0 spiro atoms. The van der Waals surface area contributed by atoms with Crippen LogP contribution in [0.1, 0.15) is 178 Å². The molecule has 4 aliphatic rings. The summed E-state index contributed by atoms with van der Waals surface area (Å²) < 4.78 is 0. The van der Waals surface area contributed by atoms with Gasteiger partial charge in [-0.05, 0) is 132 Å². The summed E-state index contributed by atoms with van der Waals surface area (Å²) in [6.45, 7) is 14.5. The lowest BCUT2D eigenvalue weighted by atomic mass is 9.70. The molecule has 15 nitrogen and oxygen atoms in total. The van der Waals surface area contributed by atoms with E-state index in [2.05, 4.69) is 41.5 Å². The second kappa shape index (κ2) is 28.9. The Bertz CT molecular complexity index is 1190. The van der Waals surface area contributed by atoms with Gasteiger partial charge in [0.25, 0.3) is 0 Å². The van der Waals surface area contributed by atoms with Gasteiger partial charge in [0.05, 0.1) is 77.8 Å². The van der Waals surface area contributed by atoms with Crippen molar-refractivity contribution in [1.82, 2.24) is 15.2 Å². The maximum atomic E-state index is 11.0. The number of hydroxylamine groups is 6. The average Bonchev–Trinajstić information content (AvgIpc) is 3.36. The third kappa shape index (κ3) is 14.6. The molecule has 69 heavy (non-hydrogen) atoms. The fourth-order valence-electron chi connectivity index (χ4n) is 13.4. The van der Waals surface area contributed by atoms with Crippen LogP contribution in [0.4, 0.5) is 0 Å². The predicted octanol–water partition coefficient (Wildman–Crippen LogP) is 5.85. The highest BCUT2D eigenvalue weighted by atomic mass is 16.7. The fourth-order valence-corrected chi connectivity index (χ4v) is 13.4. The molecule has 4 aliphatic carbocycles. The molecule has 0 aromatic carbocycles. The molecule has 408 valence electrons. The van der Waals surface area contributed by atoms with Crippen LogP contribution >= 0.6 is 0 Å². The Morgan fingerprint density at radius 2 is 0.507 bits per heavy atom. The van der Waals surface area contributed by atoms with Gasteiger partial charge in [0.1, 0.15) is 16.6 Å². The van der Waals surface area contributed by atoms with Crippen molar-refractivity contribution in [2.24, 2.45) is 53.3 Å². The predicted molar refractivity (Wildman–Crippen MR) is 269 cm³/mol. The molecule has 6 unspecified atom stereocenters. The zero-order valence-electron chi connectivity index (χ0n) is 44.8. The molecule has 0 aromatic heterocycles. The summed E-state index contributed by atoms with van der Waals surface area (Å²) in [7, 11) is 0. The lowest BCUT2D eigenvalue weighted by Crippen LogP contribution is -2.65. The summed E-state index contributed by atoms with van der Waals surface area (Å²) >= 11 is 0. The molecule has 0 heterocycles. The van der Waals surface area contributed by atoms with Crippen molar-refractivity contribution in [2.75, 3.05) is 59.5 Å². The molecule has 0 aliphatic heterocycles. The smallest absolute Gasteiger partial charge is 0.115 e. The van der Waals surface area contributed by atoms with Crippen molar-refractivity contribution in [3.05, 3.63) is 0 Å². The quantitative estimate of drug-likeness (QED) is 0.0386. The number of hydrogen-bond donors (Lipinski definition) is 9. The highest BCUT2D eigenvalue weighted by Gasteiger charge is 2.51. The molecule has 0 amide bonds. The van der Waals surface area contributed by atoms with E-state index in [0.29, 0.717) is 19.3 Å². The Kier molecular flexibility index (Phi) is 25.5. The SMILES string of the molecule is CC(C)C(C1CCCCC1)N(OC(C)C1CC(C(C)ON(C(C(C)C)C2CCCCC2)C(CO)(CO)CO)CC(C(C)ON(C(C(C)C)C2CCCCC2)C(CO)(CO)CO)C1)C(CO)(CO)CO. The van der Waals surface area contributed by atoms with Crippen molar-refractivity contribution < 1.29 is 60.5 Å². The molecule has 15 heteroatoms. The highest BCUT2D eigenvalue weighted by molar-refractivity contribution is 4.98. The van der Waals surface area contributed by atoms with E-state index < -0.39 is 94.4 Å². The van der Waals surface area contributed by atoms with Crippen molar-refractivity contribution in [1.29, 1.82) is 0 Å². The first kappa shape index (κ1) is 61.0. The molecule has 9 N–H and O–H groups in total. The molecule has 6 atom stereocenters. The van der Waals surface area contributed by atoms with Crippen LogP contribution in [0.3, 0.4) is 0 Å². The van der Waals surface area contributed by atoms with Crippen LogP contribution in [0.2, 0.25) is 0 Å². The minimum Gasteiger partial charge on any atom is -0.394 e. The highest BCUT2D eigenvalue weighted by Crippen LogP contribution is 2.46. The van der Waals surface area contributed by atoms with Crippen LogP contribution in [0, 0.1) is 53.3 Å². The molecule has 4 rings (SSSR count). The van der Waals surface area contributed by atoms with Gasteiger partial charge in [0, 0.05) is 18.1 Å². The van der Waals surface area contributed by atoms with Crippen LogP contribution < -0.4 is 0 Å². The monoisotopic (exact) mass is 988 g/mol. The Morgan fingerprint density at radius 1 is 0.319 bits per heavy atom. The first-order valence-corrected chi connectivity index (χ1v) is 27.8. The molecule has 4 saturated carbocycles. The Hall–Kier alpha value is -0.600. The van der Waals surface area contributed by atoms with Gasteiger partial charge in [-0.15, -0.1) is 0 Å². The molecule has 0 radical (unpaired) electrons. The van der Waals surface area contributed by atoms with Gasteiger partial charge in [-0.25, -0.2) is 0 Å². The average molecular weight is 988 g/mol. The number of hydrogen-bond acceptors (Lipinski definition) is 15. The van der Waals surface area contributed by atoms with Gasteiger partial charge in [0.2, 0.25) is 0 Å². The molecular weight excluding hydrogens is 883 g/mol. The molecule has 4 fully saturated rings. The zero-order chi connectivity index (χ0) is 51.1. The van der Waals surface area contributed by atoms with Crippen LogP contribution in [0.5, 0.6) is 0 Å². The van der Waals surface area contributed by atoms with Gasteiger partial charge in [-0.3, -0.25) is 14.5 Å². The minimum atomic E-state index is -1.44. The summed E-state index contributed by atoms with van der Waals surface area (Å²) in [4.78, 5) is 21.6. The van der Waals surface area contributed by atoms with E-state index in [0.717, 1.165) is 96.3 Å². The Balaban J connectivity index is 1.83. The normalized spacial score (nSPS) is 25.3. The van der Waals surface area contributed by atoms with Crippen LogP contribution in [-0.2, 0) is 14.5 Å². The standard InChI is InChI=1S/C54H105N3O12/c1-37(2)49(43-19-13-10-14-20-43)55(52(28-58,29-59)30-60)67-40(7)46-25-47(41(8)68-56(53(31-61,32-62)33-63)50(38(3)4)44-21-15-11-16-22-44)27-48(26-46)42(9)69-57(54(34-64,35-65)36-66)51(39(5)6)45-23-17-12-18-24-45/h37-51,58-66H,10-36H2,1-9H3. The van der Waals surface area contributed by atoms with Gasteiger partial charge < -0.3 is 46.0 Å². The topological polar surface area (TPSA) is 219 Å². The lowest BCUT2D eigenvalue weighted by Gasteiger charge is -2.52. The molecule has 0 bridgehead atoms. The van der Waals surface area contributed by atoms with E-state index in [1.54, 1.807) is 15.2 Å². The van der Waals surface area contributed by atoms with Crippen LogP contribution in [0.15, 0.2) is 0 Å². The van der Waals surface area contributed by atoms with Crippen LogP contribution in [-0.4, -0.2) is 174 Å². The first-order valence-electron chi connectivity index (χ1n) is 27.8. The van der Waals surface area contributed by atoms with Crippen molar-refractivity contribution in [3.8, 4) is 0 Å². The maximum absolute atomic E-state index is 11.0. The summed E-state index contributed by atoms with van der Waals surface area (Å²) in [5.74, 6) is 0.599. The third-order valence-electron chi connectivity index (χ3n) is 18.0. The van der Waals surface area contributed by atoms with Gasteiger partial charge in [-0.1, -0.05) is 99.3 Å². The van der Waals surface area contributed by atoms with E-state index in [-0.39, 0.29) is 71.4 Å². The number of nitrogens with zero attached hydrogens (tertiary/aromatic N) is 3. The third-order valence-corrected chi connectivity index (χ3v) is 18.0. The molecule has 0 saturated heterocycles. The zero-order valence-corrected chi connectivity index (χ0v) is 44.8. The van der Waals surface area contributed by atoms with Gasteiger partial charge in [0.15, 0.2) is 0 Å². The van der Waals surface area contributed by atoms with E-state index in [1.807, 2.05) is 20.8 Å². The number of rotatable bonds is 30. The summed E-state index contributed by atoms with van der Waals surface area (Å²) in [5, 5.41) is 104. The molecule has 0 aromatic rings. The van der Waals surface area contributed by atoms with E-state index in [9.17, 15) is 46.0 Å². The second-order valence-electron chi connectivity index (χ2n) is 23.9. The maximum Gasteiger partial charge on any atom is 0.115 e. The van der Waals surface area contributed by atoms with Crippen molar-refractivity contribution in [2.45, 2.75) is 231 Å². The van der Waals surface area contributed by atoms with E-state index in [1.165, 1.54) is 0 Å². The first-order chi connectivity index (χ1) is 33.0. The fraction of sp³-hybridized carbons (Fsp3) is 1.00. The minimum absolute atomic E-state index is 0.0841.